The maximum absolute atomic E-state index is 13.0. The van der Waals surface area contributed by atoms with Gasteiger partial charge in [0.15, 0.2) is 0 Å². The van der Waals surface area contributed by atoms with Crippen LogP contribution in [0.2, 0.25) is 0 Å². The highest BCUT2D eigenvalue weighted by Crippen LogP contribution is 2.35. The molecule has 0 bridgehead atoms. The Balaban J connectivity index is 3.33. The molecule has 0 heterocycles. The third kappa shape index (κ3) is 2.45. The summed E-state index contributed by atoms with van der Waals surface area (Å²) in [5.41, 5.74) is 8.88. The van der Waals surface area contributed by atoms with Crippen LogP contribution in [0.4, 0.5) is 17.6 Å². The lowest BCUT2D eigenvalue weighted by atomic mass is 10.00. The van der Waals surface area contributed by atoms with E-state index in [1.54, 1.807) is 0 Å². The second-order valence-electron chi connectivity index (χ2n) is 3.04. The summed E-state index contributed by atoms with van der Waals surface area (Å²) in [6, 6.07) is 2.03. The summed E-state index contributed by atoms with van der Waals surface area (Å²) in [6.07, 6.45) is -4.76. The Bertz CT molecular complexity index is 348. The van der Waals surface area contributed by atoms with E-state index >= 15 is 0 Å². The summed E-state index contributed by atoms with van der Waals surface area (Å²) in [5, 5.41) is 0. The van der Waals surface area contributed by atoms with Crippen molar-refractivity contribution in [1.82, 2.24) is 0 Å². The highest BCUT2D eigenvalue weighted by molar-refractivity contribution is 5.33. The van der Waals surface area contributed by atoms with Crippen LogP contribution in [0.15, 0.2) is 18.2 Å². The molecular formula is C9H10F4N2. The molecule has 84 valence electrons. The van der Waals surface area contributed by atoms with Crippen LogP contribution in [0, 0.1) is 5.82 Å². The van der Waals surface area contributed by atoms with Crippen molar-refractivity contribution in [2.45, 2.75) is 12.2 Å². The monoisotopic (exact) mass is 222 g/mol. The van der Waals surface area contributed by atoms with Crippen LogP contribution in [0.25, 0.3) is 0 Å². The molecule has 15 heavy (non-hydrogen) atoms. The van der Waals surface area contributed by atoms with Gasteiger partial charge in [0.1, 0.15) is 5.82 Å². The van der Waals surface area contributed by atoms with Gasteiger partial charge in [0.05, 0.1) is 5.56 Å². The minimum Gasteiger partial charge on any atom is -0.329 e. The van der Waals surface area contributed by atoms with E-state index in [1.807, 2.05) is 0 Å². The summed E-state index contributed by atoms with van der Waals surface area (Å²) in [4.78, 5) is 0. The molecule has 1 atom stereocenters. The number of rotatable bonds is 2. The lowest BCUT2D eigenvalue weighted by molar-refractivity contribution is -0.140. The third-order valence-corrected chi connectivity index (χ3v) is 1.98. The van der Waals surface area contributed by atoms with Gasteiger partial charge in [-0.25, -0.2) is 4.39 Å². The van der Waals surface area contributed by atoms with Crippen LogP contribution < -0.4 is 11.5 Å². The molecule has 0 unspecified atom stereocenters. The van der Waals surface area contributed by atoms with Gasteiger partial charge in [-0.15, -0.1) is 0 Å². The van der Waals surface area contributed by atoms with Crippen LogP contribution in [0.3, 0.4) is 0 Å². The van der Waals surface area contributed by atoms with Gasteiger partial charge in [-0.1, -0.05) is 12.1 Å². The predicted octanol–water partition coefficient (Wildman–Crippen LogP) is 1.80. The third-order valence-electron chi connectivity index (χ3n) is 1.98. The van der Waals surface area contributed by atoms with E-state index in [0.29, 0.717) is 0 Å². The number of hydrogen-bond acceptors (Lipinski definition) is 2. The predicted molar refractivity (Wildman–Crippen MR) is 47.4 cm³/mol. The molecule has 0 saturated carbocycles. The molecule has 0 amide bonds. The molecular weight excluding hydrogens is 212 g/mol. The summed E-state index contributed by atoms with van der Waals surface area (Å²) in [6.45, 7) is -0.174. The van der Waals surface area contributed by atoms with Crippen molar-refractivity contribution in [3.63, 3.8) is 0 Å². The Kier molecular flexibility index (Phi) is 3.31. The van der Waals surface area contributed by atoms with E-state index in [-0.39, 0.29) is 12.1 Å². The highest BCUT2D eigenvalue weighted by Gasteiger charge is 2.37. The molecule has 6 heteroatoms. The first-order valence-corrected chi connectivity index (χ1v) is 4.19. The van der Waals surface area contributed by atoms with E-state index < -0.39 is 23.6 Å². The molecule has 0 aliphatic carbocycles. The lowest BCUT2D eigenvalue weighted by Crippen LogP contribution is -2.25. The van der Waals surface area contributed by atoms with Gasteiger partial charge in [0.25, 0.3) is 0 Å². The zero-order valence-corrected chi connectivity index (χ0v) is 7.68. The quantitative estimate of drug-likeness (QED) is 0.749. The minimum atomic E-state index is -4.76. The molecule has 1 aromatic rings. The molecule has 0 aromatic heterocycles. The smallest absolute Gasteiger partial charge is 0.329 e. The van der Waals surface area contributed by atoms with Crippen LogP contribution in [-0.2, 0) is 6.18 Å². The standard InChI is InChI=1S/C9H10F4N2/c10-6-3-1-2-5(7(15)4-14)8(6)9(11,12)13/h1-3,7H,4,14-15H2/t7-/m0/s1. The Hall–Kier alpha value is -1.14. The van der Waals surface area contributed by atoms with Gasteiger partial charge in [0, 0.05) is 12.6 Å². The van der Waals surface area contributed by atoms with E-state index in [4.69, 9.17) is 11.5 Å². The molecule has 0 saturated heterocycles. The average Bonchev–Trinajstić information content (AvgIpc) is 2.14. The van der Waals surface area contributed by atoms with Crippen molar-refractivity contribution in [2.75, 3.05) is 6.54 Å². The zero-order chi connectivity index (χ0) is 11.6. The van der Waals surface area contributed by atoms with Crippen molar-refractivity contribution >= 4 is 0 Å². The van der Waals surface area contributed by atoms with Gasteiger partial charge in [0.2, 0.25) is 0 Å². The largest absolute Gasteiger partial charge is 0.419 e. The van der Waals surface area contributed by atoms with E-state index in [9.17, 15) is 17.6 Å². The summed E-state index contributed by atoms with van der Waals surface area (Å²) < 4.78 is 50.4. The molecule has 1 rings (SSSR count). The van der Waals surface area contributed by atoms with Gasteiger partial charge in [-0.2, -0.15) is 13.2 Å². The molecule has 0 fully saturated rings. The first-order chi connectivity index (χ1) is 6.88. The maximum atomic E-state index is 13.0. The lowest BCUT2D eigenvalue weighted by Gasteiger charge is -2.17. The van der Waals surface area contributed by atoms with Gasteiger partial charge in [-0.05, 0) is 11.6 Å². The minimum absolute atomic E-state index is 0.174. The fraction of sp³-hybridized carbons (Fsp3) is 0.333. The van der Waals surface area contributed by atoms with Crippen LogP contribution in [-0.4, -0.2) is 6.54 Å². The molecule has 0 aliphatic rings. The summed E-state index contributed by atoms with van der Waals surface area (Å²) in [7, 11) is 0. The van der Waals surface area contributed by atoms with Crippen LogP contribution in [0.1, 0.15) is 17.2 Å². The van der Waals surface area contributed by atoms with Crippen molar-refractivity contribution in [3.8, 4) is 0 Å². The normalized spacial score (nSPS) is 14.0. The second kappa shape index (κ2) is 4.16. The number of nitrogens with two attached hydrogens (primary N) is 2. The first kappa shape index (κ1) is 11.9. The summed E-state index contributed by atoms with van der Waals surface area (Å²) in [5.74, 6) is -1.33. The van der Waals surface area contributed by atoms with Crippen molar-refractivity contribution < 1.29 is 17.6 Å². The van der Waals surface area contributed by atoms with E-state index in [2.05, 4.69) is 0 Å². The molecule has 0 spiro atoms. The van der Waals surface area contributed by atoms with E-state index in [0.717, 1.165) is 12.1 Å². The summed E-state index contributed by atoms with van der Waals surface area (Å²) >= 11 is 0. The fourth-order valence-electron chi connectivity index (χ4n) is 1.28. The highest BCUT2D eigenvalue weighted by atomic mass is 19.4. The molecule has 2 nitrogen and oxygen atoms in total. The molecule has 1 aromatic carbocycles. The Labute approximate surface area is 83.9 Å². The number of alkyl halides is 3. The number of hydrogen-bond donors (Lipinski definition) is 2. The van der Waals surface area contributed by atoms with Crippen molar-refractivity contribution in [3.05, 3.63) is 35.1 Å². The Morgan fingerprint density at radius 1 is 1.27 bits per heavy atom. The molecule has 4 N–H and O–H groups in total. The van der Waals surface area contributed by atoms with Crippen LogP contribution in [0.5, 0.6) is 0 Å². The first-order valence-electron chi connectivity index (χ1n) is 4.19. The molecule has 0 aliphatic heterocycles. The average molecular weight is 222 g/mol. The van der Waals surface area contributed by atoms with Crippen molar-refractivity contribution in [1.29, 1.82) is 0 Å². The second-order valence-corrected chi connectivity index (χ2v) is 3.04. The van der Waals surface area contributed by atoms with Gasteiger partial charge < -0.3 is 11.5 Å². The number of benzene rings is 1. The van der Waals surface area contributed by atoms with Gasteiger partial charge >= 0.3 is 6.18 Å². The van der Waals surface area contributed by atoms with Crippen molar-refractivity contribution in [2.24, 2.45) is 11.5 Å². The maximum Gasteiger partial charge on any atom is 0.419 e. The Morgan fingerprint density at radius 3 is 2.33 bits per heavy atom. The topological polar surface area (TPSA) is 52.0 Å². The zero-order valence-electron chi connectivity index (χ0n) is 7.68. The fourth-order valence-corrected chi connectivity index (χ4v) is 1.28. The number of halogens is 4. The van der Waals surface area contributed by atoms with Crippen LogP contribution >= 0.6 is 0 Å². The van der Waals surface area contributed by atoms with Gasteiger partial charge in [-0.3, -0.25) is 0 Å². The van der Waals surface area contributed by atoms with E-state index in [1.165, 1.54) is 6.07 Å². The molecule has 0 radical (unpaired) electrons. The SMILES string of the molecule is NC[C@H](N)c1cccc(F)c1C(F)(F)F. The Morgan fingerprint density at radius 2 is 1.87 bits per heavy atom.